The van der Waals surface area contributed by atoms with Crippen LogP contribution in [-0.4, -0.2) is 14.0 Å². The van der Waals surface area contributed by atoms with Crippen molar-refractivity contribution in [1.82, 2.24) is 0 Å². The minimum atomic E-state index is 0. The van der Waals surface area contributed by atoms with Gasteiger partial charge in [-0.25, -0.2) is 5.57 Å². The van der Waals surface area contributed by atoms with E-state index in [9.17, 15) is 0 Å². The van der Waals surface area contributed by atoms with Crippen LogP contribution < -0.4 is 4.74 Å². The molecule has 0 aliphatic heterocycles. The third-order valence-electron chi connectivity index (χ3n) is 5.32. The Morgan fingerprint density at radius 3 is 1.94 bits per heavy atom. The van der Waals surface area contributed by atoms with Crippen molar-refractivity contribution in [2.75, 3.05) is 7.11 Å². The van der Waals surface area contributed by atoms with Crippen molar-refractivity contribution in [2.45, 2.75) is 27.7 Å². The van der Waals surface area contributed by atoms with Gasteiger partial charge in [-0.2, -0.15) is 11.1 Å². The number of benzene rings is 2. The van der Waals surface area contributed by atoms with Crippen LogP contribution in [0.5, 0.6) is 5.75 Å². The summed E-state index contributed by atoms with van der Waals surface area (Å²) >= 11 is 1.36. The van der Waals surface area contributed by atoms with Gasteiger partial charge in [0.15, 0.2) is 0 Å². The molecule has 1 aliphatic rings. The molecule has 0 fully saturated rings. The zero-order valence-corrected chi connectivity index (χ0v) is 25.2. The topological polar surface area (TPSA) is 9.23 Å². The molecule has 0 bridgehead atoms. The quantitative estimate of drug-likeness (QED) is 0.225. The molecule has 0 aromatic heterocycles. The van der Waals surface area contributed by atoms with Gasteiger partial charge in [0.05, 0.1) is 7.11 Å². The third kappa shape index (κ3) is 8.75. The van der Waals surface area contributed by atoms with Gasteiger partial charge >= 0.3 is 30.2 Å². The van der Waals surface area contributed by atoms with Gasteiger partial charge in [-0.3, -0.25) is 6.08 Å². The molecule has 32 heavy (non-hydrogen) atoms. The summed E-state index contributed by atoms with van der Waals surface area (Å²) in [6, 6.07) is 21.0. The van der Waals surface area contributed by atoms with Gasteiger partial charge in [0.25, 0.3) is 0 Å². The number of hydrogen-bond acceptors (Lipinski definition) is 1. The van der Waals surface area contributed by atoms with Crippen LogP contribution in [0.1, 0.15) is 27.7 Å². The van der Waals surface area contributed by atoms with Gasteiger partial charge in [0.2, 0.25) is 0 Å². The first-order valence-electron chi connectivity index (χ1n) is 9.33. The summed E-state index contributed by atoms with van der Waals surface area (Å²) in [6.45, 7) is 11.7. The van der Waals surface area contributed by atoms with Crippen molar-refractivity contribution in [3.63, 3.8) is 0 Å². The molecule has 1 aliphatic carbocycles. The number of hydrogen-bond donors (Lipinski definition) is 0. The first kappa shape index (κ1) is 35.6. The summed E-state index contributed by atoms with van der Waals surface area (Å²) in [5.74, 6) is 1.45. The van der Waals surface area contributed by atoms with Crippen molar-refractivity contribution in [3.8, 4) is 16.9 Å². The Balaban J connectivity index is -0.000000490. The second-order valence-corrected chi connectivity index (χ2v) is 6.86. The van der Waals surface area contributed by atoms with Crippen LogP contribution in [0.2, 0.25) is 0 Å². The fourth-order valence-electron chi connectivity index (χ4n) is 3.33. The summed E-state index contributed by atoms with van der Waals surface area (Å²) in [7, 11) is 1.69. The van der Waals surface area contributed by atoms with Crippen molar-refractivity contribution >= 4 is 42.5 Å². The van der Waals surface area contributed by atoms with E-state index in [0.29, 0.717) is 5.92 Å². The van der Waals surface area contributed by atoms with E-state index in [0.717, 1.165) is 5.75 Å². The van der Waals surface area contributed by atoms with E-state index in [2.05, 4.69) is 89.2 Å². The van der Waals surface area contributed by atoms with E-state index in [4.69, 9.17) is 4.74 Å². The standard InChI is InChI=1S/C16H13O.C9H13.2CH3.2ClH.Si.Zr/c1-17-14-9-6-13(7-10-14)16-11-8-12-4-2-3-5-15(12)16;1-6-5-7(2)9(4)8(6)3;;;;;;/h2-11H,1H3;6H,1-4H3;2*1H3;2*1H;;/q4*-1;;;;. The van der Waals surface area contributed by atoms with Gasteiger partial charge in [-0.1, -0.05) is 50.5 Å². The van der Waals surface area contributed by atoms with Gasteiger partial charge in [0.1, 0.15) is 5.75 Å². The fourth-order valence-corrected chi connectivity index (χ4v) is 3.33. The molecule has 0 saturated heterocycles. The zero-order valence-electron chi connectivity index (χ0n) is 20.1. The molecular formula is C27H34Cl2OSiZr-4. The molecule has 1 unspecified atom stereocenters. The molecule has 0 amide bonds. The average molecular weight is 565 g/mol. The van der Waals surface area contributed by atoms with E-state index in [1.54, 1.807) is 7.11 Å². The molecule has 0 heterocycles. The van der Waals surface area contributed by atoms with E-state index in [1.165, 1.54) is 62.0 Å². The summed E-state index contributed by atoms with van der Waals surface area (Å²) < 4.78 is 5.17. The summed E-state index contributed by atoms with van der Waals surface area (Å²) in [5, 5.41) is 2.59. The third-order valence-corrected chi connectivity index (χ3v) is 5.32. The second kappa shape index (κ2) is 17.5. The van der Waals surface area contributed by atoms with E-state index in [-0.39, 0.29) is 39.7 Å². The monoisotopic (exact) mass is 562 g/mol. The Morgan fingerprint density at radius 2 is 1.50 bits per heavy atom. The number of halogens is 2. The molecule has 3 aromatic carbocycles. The Labute approximate surface area is 225 Å². The minimum absolute atomic E-state index is 0. The normalized spacial score (nSPS) is 13.4. The number of fused-ring (bicyclic) bond motifs is 1. The molecule has 174 valence electrons. The SMILES string of the molecule is CC1=[C-]C(C)C(C)=C1C.COc1ccc(-c2c[cH-]c3ccccc23)cc1.Cl.Cl.[CH3-].[CH3-].[Si]=[Zr]. The second-order valence-electron chi connectivity index (χ2n) is 6.86. The number of ether oxygens (including phenoxy) is 1. The number of allylic oxidation sites excluding steroid dienone is 4. The Kier molecular flexibility index (Phi) is 19.4. The Bertz CT molecular complexity index is 990. The van der Waals surface area contributed by atoms with Gasteiger partial charge in [-0.15, -0.1) is 78.4 Å². The average Bonchev–Trinajstić information content (AvgIpc) is 3.27. The van der Waals surface area contributed by atoms with Crippen LogP contribution in [0.4, 0.5) is 0 Å². The van der Waals surface area contributed by atoms with Crippen LogP contribution in [0, 0.1) is 26.8 Å². The Morgan fingerprint density at radius 1 is 0.938 bits per heavy atom. The first-order valence-corrected chi connectivity index (χ1v) is 13.5. The molecule has 0 saturated carbocycles. The van der Waals surface area contributed by atoms with Gasteiger partial charge in [-0.05, 0) is 12.1 Å². The van der Waals surface area contributed by atoms with Crippen LogP contribution in [0.3, 0.4) is 0 Å². The van der Waals surface area contributed by atoms with Crippen LogP contribution in [0.15, 0.2) is 77.4 Å². The van der Waals surface area contributed by atoms with Crippen molar-refractivity contribution in [1.29, 1.82) is 0 Å². The van der Waals surface area contributed by atoms with Crippen molar-refractivity contribution < 1.29 is 28.1 Å². The van der Waals surface area contributed by atoms with Crippen LogP contribution in [0.25, 0.3) is 21.9 Å². The molecule has 4 rings (SSSR count). The number of rotatable bonds is 2. The van der Waals surface area contributed by atoms with Crippen molar-refractivity contribution in [3.05, 3.63) is 98.3 Å². The molecule has 0 N–H and O–H groups in total. The van der Waals surface area contributed by atoms with E-state index >= 15 is 0 Å². The predicted molar refractivity (Wildman–Crippen MR) is 145 cm³/mol. The zero-order chi connectivity index (χ0) is 20.7. The first-order chi connectivity index (χ1) is 13.5. The molecule has 1 nitrogen and oxygen atoms in total. The molecule has 5 heteroatoms. The molecule has 1 atom stereocenters. The molecule has 0 spiro atoms. The summed E-state index contributed by atoms with van der Waals surface area (Å²) in [5.41, 5.74) is 6.75. The summed E-state index contributed by atoms with van der Waals surface area (Å²) in [6.07, 6.45) is 3.36. The van der Waals surface area contributed by atoms with Crippen LogP contribution >= 0.6 is 24.8 Å². The fraction of sp³-hybridized carbons (Fsp3) is 0.222. The van der Waals surface area contributed by atoms with Crippen molar-refractivity contribution in [2.24, 2.45) is 5.92 Å². The number of methoxy groups -OCH3 is 1. The molecule has 2 radical (unpaired) electrons. The Hall–Kier alpha value is -0.990. The van der Waals surface area contributed by atoms with E-state index in [1.807, 2.05) is 12.1 Å². The molecule has 3 aromatic rings. The van der Waals surface area contributed by atoms with Gasteiger partial charge in [0, 0.05) is 0 Å². The maximum absolute atomic E-state index is 5.17. The molecular weight excluding hydrogens is 531 g/mol. The maximum atomic E-state index is 5.17. The predicted octanol–water partition coefficient (Wildman–Crippen LogP) is 8.32. The van der Waals surface area contributed by atoms with E-state index < -0.39 is 0 Å². The van der Waals surface area contributed by atoms with Gasteiger partial charge < -0.3 is 19.6 Å². The van der Waals surface area contributed by atoms with Crippen LogP contribution in [-0.2, 0) is 23.3 Å². The summed E-state index contributed by atoms with van der Waals surface area (Å²) in [4.78, 5) is 0.